The number of hydrogen-bond donors (Lipinski definition) is 1. The van der Waals surface area contributed by atoms with Crippen LogP contribution in [0.1, 0.15) is 5.56 Å². The zero-order valence-electron chi connectivity index (χ0n) is 11.0. The summed E-state index contributed by atoms with van der Waals surface area (Å²) in [7, 11) is -0.0673. The molecule has 1 aromatic rings. The highest BCUT2D eigenvalue weighted by Gasteiger charge is 2.25. The summed E-state index contributed by atoms with van der Waals surface area (Å²) in [6.07, 6.45) is 0.678. The molecule has 0 fully saturated rings. The first-order chi connectivity index (χ1) is 7.92. The van der Waals surface area contributed by atoms with Crippen LogP contribution in [-0.2, 0) is 16.0 Å². The summed E-state index contributed by atoms with van der Waals surface area (Å²) < 4.78 is 4.85. The van der Waals surface area contributed by atoms with Crippen LogP contribution in [0.25, 0.3) is 0 Å². The van der Waals surface area contributed by atoms with Crippen molar-refractivity contribution in [1.29, 1.82) is 0 Å². The second-order valence-corrected chi connectivity index (χ2v) is 9.95. The van der Waals surface area contributed by atoms with Gasteiger partial charge < -0.3 is 9.72 Å². The van der Waals surface area contributed by atoms with Gasteiger partial charge in [0.25, 0.3) is 0 Å². The number of esters is 1. The van der Waals surface area contributed by atoms with Crippen LogP contribution < -0.4 is 4.98 Å². The Balaban J connectivity index is 2.74. The van der Waals surface area contributed by atoms with Crippen molar-refractivity contribution in [3.63, 3.8) is 0 Å². The second kappa shape index (κ2) is 5.98. The highest BCUT2D eigenvalue weighted by Crippen LogP contribution is 2.07. The quantitative estimate of drug-likeness (QED) is 0.644. The van der Waals surface area contributed by atoms with Crippen molar-refractivity contribution in [1.82, 2.24) is 4.98 Å². The van der Waals surface area contributed by atoms with E-state index in [1.54, 1.807) is 0 Å². The van der Waals surface area contributed by atoms with E-state index in [1.807, 2.05) is 30.3 Å². The molecule has 1 unspecified atom stereocenters. The summed E-state index contributed by atoms with van der Waals surface area (Å²) in [5.41, 5.74) is 1.15. The minimum absolute atomic E-state index is 0.184. The molecule has 4 heteroatoms. The van der Waals surface area contributed by atoms with Gasteiger partial charge in [-0.1, -0.05) is 50.0 Å². The summed E-state index contributed by atoms with van der Waals surface area (Å²) in [4.78, 5) is 15.2. The van der Waals surface area contributed by atoms with Crippen LogP contribution in [0, 0.1) is 0 Å². The van der Waals surface area contributed by atoms with E-state index in [2.05, 4.69) is 24.6 Å². The predicted molar refractivity (Wildman–Crippen MR) is 72.4 cm³/mol. The van der Waals surface area contributed by atoms with Crippen LogP contribution in [0.15, 0.2) is 30.3 Å². The number of carbonyl (C=O) groups is 1. The van der Waals surface area contributed by atoms with Gasteiger partial charge in [0.1, 0.15) is 14.3 Å². The summed E-state index contributed by atoms with van der Waals surface area (Å²) in [6.45, 7) is 6.52. The van der Waals surface area contributed by atoms with Gasteiger partial charge in [-0.05, 0) is 12.0 Å². The van der Waals surface area contributed by atoms with Crippen LogP contribution in [0.2, 0.25) is 19.6 Å². The average molecular weight is 251 g/mol. The maximum Gasteiger partial charge on any atom is 0.322 e. The van der Waals surface area contributed by atoms with Crippen molar-refractivity contribution < 1.29 is 9.53 Å². The third-order valence-corrected chi connectivity index (χ3v) is 3.59. The highest BCUT2D eigenvalue weighted by molar-refractivity contribution is 6.73. The van der Waals surface area contributed by atoms with E-state index in [0.29, 0.717) is 6.42 Å². The zero-order chi connectivity index (χ0) is 12.9. The van der Waals surface area contributed by atoms with Gasteiger partial charge in [0.2, 0.25) is 0 Å². The molecule has 0 radical (unpaired) electrons. The van der Waals surface area contributed by atoms with Gasteiger partial charge in [-0.3, -0.25) is 4.79 Å². The van der Waals surface area contributed by atoms with Crippen LogP contribution in [-0.4, -0.2) is 27.4 Å². The van der Waals surface area contributed by atoms with E-state index in [4.69, 9.17) is 4.74 Å². The molecule has 0 aromatic heterocycles. The van der Waals surface area contributed by atoms with E-state index >= 15 is 0 Å². The molecule has 0 heterocycles. The normalized spacial score (nSPS) is 13.2. The summed E-state index contributed by atoms with van der Waals surface area (Å²) in [6, 6.07) is 9.76. The van der Waals surface area contributed by atoms with E-state index < -0.39 is 8.24 Å². The fourth-order valence-corrected chi connectivity index (χ4v) is 2.97. The molecule has 0 aliphatic heterocycles. The molecule has 1 aromatic carbocycles. The van der Waals surface area contributed by atoms with Crippen LogP contribution in [0.4, 0.5) is 0 Å². The Kier molecular flexibility index (Phi) is 4.90. The third-order valence-electron chi connectivity index (χ3n) is 2.38. The SMILES string of the molecule is COC(=O)C(Cc1ccccc1)N[Si](C)(C)C. The number of methoxy groups -OCH3 is 1. The Bertz CT molecular complexity index is 359. The van der Waals surface area contributed by atoms with Crippen molar-refractivity contribution in [3.8, 4) is 0 Å². The predicted octanol–water partition coefficient (Wildman–Crippen LogP) is 2.20. The minimum Gasteiger partial charge on any atom is -0.468 e. The van der Waals surface area contributed by atoms with Gasteiger partial charge in [0.05, 0.1) is 7.11 Å². The van der Waals surface area contributed by atoms with Gasteiger partial charge in [0, 0.05) is 0 Å². The molecule has 17 heavy (non-hydrogen) atoms. The number of hydrogen-bond acceptors (Lipinski definition) is 3. The van der Waals surface area contributed by atoms with Gasteiger partial charge in [-0.15, -0.1) is 0 Å². The van der Waals surface area contributed by atoms with Crippen molar-refractivity contribution in [3.05, 3.63) is 35.9 Å². The number of rotatable bonds is 5. The molecule has 0 saturated heterocycles. The summed E-state index contributed by atoms with van der Waals surface area (Å²) in [5.74, 6) is -0.184. The molecule has 0 aliphatic carbocycles. The topological polar surface area (TPSA) is 38.3 Å². The second-order valence-electron chi connectivity index (χ2n) is 5.16. The van der Waals surface area contributed by atoms with Crippen LogP contribution in [0.5, 0.6) is 0 Å². The molecule has 94 valence electrons. The molecular weight excluding hydrogens is 230 g/mol. The van der Waals surface area contributed by atoms with Gasteiger partial charge in [-0.25, -0.2) is 0 Å². The Morgan fingerprint density at radius 3 is 2.35 bits per heavy atom. The lowest BCUT2D eigenvalue weighted by Crippen LogP contribution is -2.52. The molecule has 3 nitrogen and oxygen atoms in total. The molecule has 0 bridgehead atoms. The zero-order valence-corrected chi connectivity index (χ0v) is 12.0. The molecular formula is C13H21NO2Si. The number of benzene rings is 1. The van der Waals surface area contributed by atoms with Crippen LogP contribution >= 0.6 is 0 Å². The van der Waals surface area contributed by atoms with Crippen molar-refractivity contribution >= 4 is 14.2 Å². The maximum absolute atomic E-state index is 11.7. The molecule has 0 aliphatic rings. The Morgan fingerprint density at radius 1 is 1.29 bits per heavy atom. The average Bonchev–Trinajstić information content (AvgIpc) is 2.27. The van der Waals surface area contributed by atoms with Crippen molar-refractivity contribution in [2.24, 2.45) is 0 Å². The van der Waals surface area contributed by atoms with Gasteiger partial charge in [-0.2, -0.15) is 0 Å². The Morgan fingerprint density at radius 2 is 1.88 bits per heavy atom. The van der Waals surface area contributed by atoms with Gasteiger partial charge >= 0.3 is 5.97 Å². The summed E-state index contributed by atoms with van der Waals surface area (Å²) >= 11 is 0. The number of nitrogens with one attached hydrogen (secondary N) is 1. The van der Waals surface area contributed by atoms with Crippen molar-refractivity contribution in [2.75, 3.05) is 7.11 Å². The first-order valence-electron chi connectivity index (χ1n) is 5.82. The third kappa shape index (κ3) is 5.15. The van der Waals surface area contributed by atoms with E-state index in [-0.39, 0.29) is 12.0 Å². The number of carbonyl (C=O) groups excluding carboxylic acids is 1. The highest BCUT2D eigenvalue weighted by atomic mass is 28.3. The van der Waals surface area contributed by atoms with Crippen molar-refractivity contribution in [2.45, 2.75) is 32.1 Å². The van der Waals surface area contributed by atoms with E-state index in [0.717, 1.165) is 5.56 Å². The lowest BCUT2D eigenvalue weighted by atomic mass is 10.1. The first kappa shape index (κ1) is 13.9. The lowest BCUT2D eigenvalue weighted by molar-refractivity contribution is -0.142. The molecule has 0 saturated carbocycles. The maximum atomic E-state index is 11.7. The Hall–Kier alpha value is -1.13. The fraction of sp³-hybridized carbons (Fsp3) is 0.462. The van der Waals surface area contributed by atoms with Gasteiger partial charge in [0.15, 0.2) is 0 Å². The molecule has 0 amide bonds. The van der Waals surface area contributed by atoms with E-state index in [9.17, 15) is 4.79 Å². The lowest BCUT2D eigenvalue weighted by Gasteiger charge is -2.25. The smallest absolute Gasteiger partial charge is 0.322 e. The molecule has 1 N–H and O–H groups in total. The standard InChI is InChI=1S/C13H21NO2Si/c1-16-13(15)12(14-17(2,3)4)10-11-8-6-5-7-9-11/h5-9,12,14H,10H2,1-4H3. The largest absolute Gasteiger partial charge is 0.468 e. The Labute approximate surface area is 104 Å². The van der Waals surface area contributed by atoms with Crippen LogP contribution in [0.3, 0.4) is 0 Å². The molecule has 1 atom stereocenters. The first-order valence-corrected chi connectivity index (χ1v) is 9.32. The summed E-state index contributed by atoms with van der Waals surface area (Å²) in [5, 5.41) is 0. The fourth-order valence-electron chi connectivity index (χ4n) is 1.71. The molecule has 1 rings (SSSR count). The monoisotopic (exact) mass is 251 g/mol. The van der Waals surface area contributed by atoms with E-state index in [1.165, 1.54) is 7.11 Å². The number of ether oxygens (including phenoxy) is 1. The molecule has 0 spiro atoms. The minimum atomic E-state index is -1.50.